The summed E-state index contributed by atoms with van der Waals surface area (Å²) in [6.07, 6.45) is 0.977. The second-order valence-electron chi connectivity index (χ2n) is 3.05. The summed E-state index contributed by atoms with van der Waals surface area (Å²) in [5.41, 5.74) is 5.81. The summed E-state index contributed by atoms with van der Waals surface area (Å²) < 4.78 is 0. The first-order chi connectivity index (χ1) is 6.63. The van der Waals surface area contributed by atoms with Gasteiger partial charge in [-0.2, -0.15) is 0 Å². The molecule has 0 fully saturated rings. The fourth-order valence-corrected chi connectivity index (χ4v) is 2.47. The second kappa shape index (κ2) is 7.64. The van der Waals surface area contributed by atoms with Gasteiger partial charge in [-0.05, 0) is 24.6 Å². The molecule has 1 aromatic carbocycles. The Morgan fingerprint density at radius 3 is 2.67 bits per heavy atom. The first kappa shape index (κ1) is 15.4. The van der Waals surface area contributed by atoms with Crippen molar-refractivity contribution in [1.82, 2.24) is 0 Å². The van der Waals surface area contributed by atoms with E-state index in [1.165, 1.54) is 0 Å². The molecule has 15 heavy (non-hydrogen) atoms. The highest BCUT2D eigenvalue weighted by molar-refractivity contribution is 7.99. The van der Waals surface area contributed by atoms with Crippen molar-refractivity contribution in [2.45, 2.75) is 24.3 Å². The molecule has 0 aliphatic rings. The van der Waals surface area contributed by atoms with Crippen molar-refractivity contribution in [3.05, 3.63) is 28.2 Å². The molecular weight excluding hydrogens is 273 g/mol. The van der Waals surface area contributed by atoms with Gasteiger partial charge in [-0.1, -0.05) is 30.1 Å². The Hall–Kier alpha value is 0.400. The Morgan fingerprint density at radius 1 is 1.40 bits per heavy atom. The van der Waals surface area contributed by atoms with Gasteiger partial charge in [0.15, 0.2) is 0 Å². The van der Waals surface area contributed by atoms with E-state index >= 15 is 0 Å². The first-order valence-electron chi connectivity index (χ1n) is 4.47. The lowest BCUT2D eigenvalue weighted by atomic mass is 10.3. The van der Waals surface area contributed by atoms with Crippen LogP contribution < -0.4 is 5.73 Å². The maximum absolute atomic E-state index is 6.00. The number of benzene rings is 1. The Morgan fingerprint density at radius 2 is 2.07 bits per heavy atom. The minimum absolute atomic E-state index is 0. The van der Waals surface area contributed by atoms with Gasteiger partial charge in [0, 0.05) is 21.7 Å². The van der Waals surface area contributed by atoms with Crippen LogP contribution in [0, 0.1) is 0 Å². The highest BCUT2D eigenvalue weighted by atomic mass is 35.5. The average molecular weight is 287 g/mol. The molecule has 2 N–H and O–H groups in total. The van der Waals surface area contributed by atoms with E-state index in [1.807, 2.05) is 12.1 Å². The third kappa shape index (κ3) is 5.32. The van der Waals surface area contributed by atoms with Gasteiger partial charge >= 0.3 is 0 Å². The van der Waals surface area contributed by atoms with Crippen molar-refractivity contribution >= 4 is 47.4 Å². The van der Waals surface area contributed by atoms with Crippen LogP contribution in [0.2, 0.25) is 10.0 Å². The van der Waals surface area contributed by atoms with Crippen LogP contribution in [0.4, 0.5) is 0 Å². The summed E-state index contributed by atoms with van der Waals surface area (Å²) in [6, 6.07) is 5.68. The van der Waals surface area contributed by atoms with Gasteiger partial charge in [-0.15, -0.1) is 24.2 Å². The summed E-state index contributed by atoms with van der Waals surface area (Å²) in [5, 5.41) is 1.45. The number of rotatable bonds is 4. The zero-order chi connectivity index (χ0) is 10.6. The van der Waals surface area contributed by atoms with E-state index in [4.69, 9.17) is 28.9 Å². The Labute approximate surface area is 111 Å². The fourth-order valence-electron chi connectivity index (χ4n) is 0.902. The first-order valence-corrected chi connectivity index (χ1v) is 6.21. The molecule has 0 heterocycles. The van der Waals surface area contributed by atoms with E-state index < -0.39 is 0 Å². The molecule has 1 unspecified atom stereocenters. The molecule has 1 nitrogen and oxygen atoms in total. The minimum Gasteiger partial charge on any atom is -0.327 e. The van der Waals surface area contributed by atoms with E-state index in [0.717, 1.165) is 22.1 Å². The smallest absolute Gasteiger partial charge is 0.0542 e. The number of hydrogen-bond donors (Lipinski definition) is 1. The van der Waals surface area contributed by atoms with Gasteiger partial charge in [0.2, 0.25) is 0 Å². The molecule has 0 amide bonds. The van der Waals surface area contributed by atoms with Crippen molar-refractivity contribution in [2.24, 2.45) is 5.73 Å². The molecule has 0 aliphatic carbocycles. The third-order valence-corrected chi connectivity index (χ3v) is 3.79. The normalized spacial score (nSPS) is 12.0. The molecule has 1 rings (SSSR count). The summed E-state index contributed by atoms with van der Waals surface area (Å²) in [5.74, 6) is 0.872. The predicted molar refractivity (Wildman–Crippen MR) is 72.7 cm³/mol. The number of halogens is 3. The number of thioether (sulfide) groups is 1. The van der Waals surface area contributed by atoms with E-state index in [9.17, 15) is 0 Å². The van der Waals surface area contributed by atoms with Gasteiger partial charge in [0.25, 0.3) is 0 Å². The van der Waals surface area contributed by atoms with Crippen molar-refractivity contribution < 1.29 is 0 Å². The monoisotopic (exact) mass is 285 g/mol. The number of hydrogen-bond acceptors (Lipinski definition) is 2. The summed E-state index contributed by atoms with van der Waals surface area (Å²) in [6.45, 7) is 2.07. The van der Waals surface area contributed by atoms with E-state index in [0.29, 0.717) is 5.02 Å². The third-order valence-electron chi connectivity index (χ3n) is 1.87. The quantitative estimate of drug-likeness (QED) is 0.838. The van der Waals surface area contributed by atoms with Crippen molar-refractivity contribution in [2.75, 3.05) is 5.75 Å². The molecule has 86 valence electrons. The van der Waals surface area contributed by atoms with E-state index in [1.54, 1.807) is 17.8 Å². The second-order valence-corrected chi connectivity index (χ2v) is 4.96. The largest absolute Gasteiger partial charge is 0.327 e. The van der Waals surface area contributed by atoms with Crippen molar-refractivity contribution in [3.63, 3.8) is 0 Å². The lowest BCUT2D eigenvalue weighted by Gasteiger charge is -2.09. The topological polar surface area (TPSA) is 26.0 Å². The molecule has 0 saturated heterocycles. The zero-order valence-electron chi connectivity index (χ0n) is 8.37. The Bertz CT molecular complexity index is 307. The summed E-state index contributed by atoms with van der Waals surface area (Å²) >= 11 is 13.5. The van der Waals surface area contributed by atoms with Crippen molar-refractivity contribution in [3.8, 4) is 0 Å². The highest BCUT2D eigenvalue weighted by Crippen LogP contribution is 2.30. The molecule has 1 atom stereocenters. The van der Waals surface area contributed by atoms with Crippen LogP contribution in [0.25, 0.3) is 0 Å². The molecule has 0 aliphatic heterocycles. The van der Waals surface area contributed by atoms with Crippen LogP contribution in [0.3, 0.4) is 0 Å². The molecule has 0 radical (unpaired) electrons. The molecule has 1 aromatic rings. The van der Waals surface area contributed by atoms with Crippen LogP contribution in [0.5, 0.6) is 0 Å². The molecular formula is C10H14Cl3NS. The van der Waals surface area contributed by atoms with Crippen LogP contribution in [-0.2, 0) is 0 Å². The van der Waals surface area contributed by atoms with Crippen LogP contribution in [-0.4, -0.2) is 11.8 Å². The Kier molecular flexibility index (Phi) is 7.84. The molecule has 0 bridgehead atoms. The highest BCUT2D eigenvalue weighted by Gasteiger charge is 2.05. The fraction of sp³-hybridized carbons (Fsp3) is 0.400. The van der Waals surface area contributed by atoms with Gasteiger partial charge in [-0.3, -0.25) is 0 Å². The lowest BCUT2D eigenvalue weighted by molar-refractivity contribution is 0.725. The van der Waals surface area contributed by atoms with Crippen LogP contribution >= 0.6 is 47.4 Å². The zero-order valence-corrected chi connectivity index (χ0v) is 11.5. The van der Waals surface area contributed by atoms with Gasteiger partial charge in [0.05, 0.1) is 5.02 Å². The standard InChI is InChI=1S/C10H13Cl2NS.ClH/c1-2-8(13)6-14-10-5-7(11)3-4-9(10)12;/h3-5,8H,2,6,13H2,1H3;1H. The number of nitrogens with two attached hydrogens (primary N) is 1. The summed E-state index contributed by atoms with van der Waals surface area (Å²) in [4.78, 5) is 1.00. The van der Waals surface area contributed by atoms with Crippen molar-refractivity contribution in [1.29, 1.82) is 0 Å². The van der Waals surface area contributed by atoms with Gasteiger partial charge in [-0.25, -0.2) is 0 Å². The predicted octanol–water partition coefficient (Wildman–Crippen LogP) is 4.24. The molecule has 0 aromatic heterocycles. The lowest BCUT2D eigenvalue weighted by Crippen LogP contribution is -2.21. The molecule has 5 heteroatoms. The van der Waals surface area contributed by atoms with Crippen LogP contribution in [0.15, 0.2) is 23.1 Å². The maximum atomic E-state index is 6.00. The average Bonchev–Trinajstić information content (AvgIpc) is 2.19. The molecule has 0 saturated carbocycles. The molecule has 0 spiro atoms. The van der Waals surface area contributed by atoms with E-state index in [2.05, 4.69) is 6.92 Å². The Balaban J connectivity index is 0.00000196. The van der Waals surface area contributed by atoms with Crippen LogP contribution in [0.1, 0.15) is 13.3 Å². The SMILES string of the molecule is CCC(N)CSc1cc(Cl)ccc1Cl.Cl. The van der Waals surface area contributed by atoms with Gasteiger partial charge in [0.1, 0.15) is 0 Å². The summed E-state index contributed by atoms with van der Waals surface area (Å²) in [7, 11) is 0. The van der Waals surface area contributed by atoms with Gasteiger partial charge < -0.3 is 5.73 Å². The minimum atomic E-state index is 0. The maximum Gasteiger partial charge on any atom is 0.0542 e. The van der Waals surface area contributed by atoms with E-state index in [-0.39, 0.29) is 18.4 Å².